The molecule has 0 saturated carbocycles. The highest BCUT2D eigenvalue weighted by Gasteiger charge is 2.34. The van der Waals surface area contributed by atoms with E-state index in [2.05, 4.69) is 4.99 Å². The number of halogens is 1. The smallest absolute Gasteiger partial charge is 0.338 e. The molecule has 0 fully saturated rings. The molecule has 0 amide bonds. The summed E-state index contributed by atoms with van der Waals surface area (Å²) < 4.78 is 20.8. The maximum atomic E-state index is 13.4. The van der Waals surface area contributed by atoms with Gasteiger partial charge in [-0.05, 0) is 48.1 Å². The predicted octanol–water partition coefficient (Wildman–Crippen LogP) is 3.64. The molecular weight excluding hydrogens is 435 g/mol. The SMILES string of the molecule is CC1=C(C(=O)OCC(C)C)[C@H](c2cccs2)n2c(s/c(=C\c3ccc(F)cc3)c2=O)=N1. The first-order valence-electron chi connectivity index (χ1n) is 9.84. The maximum Gasteiger partial charge on any atom is 0.338 e. The molecule has 0 spiro atoms. The molecule has 1 aliphatic rings. The van der Waals surface area contributed by atoms with E-state index in [1.165, 1.54) is 34.8 Å². The summed E-state index contributed by atoms with van der Waals surface area (Å²) in [5.74, 6) is -0.598. The van der Waals surface area contributed by atoms with E-state index in [1.807, 2.05) is 31.4 Å². The van der Waals surface area contributed by atoms with Crippen LogP contribution in [0.15, 0.2) is 62.8 Å². The van der Waals surface area contributed by atoms with E-state index in [-0.39, 0.29) is 17.3 Å². The van der Waals surface area contributed by atoms with E-state index in [4.69, 9.17) is 4.74 Å². The van der Waals surface area contributed by atoms with Crippen LogP contribution in [0.5, 0.6) is 0 Å². The highest BCUT2D eigenvalue weighted by molar-refractivity contribution is 7.10. The molecule has 2 aromatic heterocycles. The molecule has 0 aliphatic carbocycles. The molecule has 1 aromatic carbocycles. The zero-order valence-corrected chi connectivity index (χ0v) is 18.9. The number of thiophene rings is 1. The van der Waals surface area contributed by atoms with E-state index in [9.17, 15) is 14.0 Å². The zero-order chi connectivity index (χ0) is 22.1. The lowest BCUT2D eigenvalue weighted by atomic mass is 10.0. The summed E-state index contributed by atoms with van der Waals surface area (Å²) in [6.45, 7) is 6.00. The first kappa shape index (κ1) is 21.4. The number of thiazole rings is 1. The number of ether oxygens (including phenoxy) is 1. The van der Waals surface area contributed by atoms with Crippen LogP contribution in [-0.2, 0) is 9.53 Å². The minimum absolute atomic E-state index is 0.196. The Labute approximate surface area is 186 Å². The first-order valence-corrected chi connectivity index (χ1v) is 11.5. The van der Waals surface area contributed by atoms with Crippen LogP contribution in [0, 0.1) is 11.7 Å². The number of carbonyl (C=O) groups is 1. The predicted molar refractivity (Wildman–Crippen MR) is 120 cm³/mol. The van der Waals surface area contributed by atoms with Gasteiger partial charge in [0, 0.05) is 4.88 Å². The van der Waals surface area contributed by atoms with E-state index in [0.29, 0.717) is 32.8 Å². The second kappa shape index (κ2) is 8.72. The largest absolute Gasteiger partial charge is 0.462 e. The molecule has 5 nitrogen and oxygen atoms in total. The summed E-state index contributed by atoms with van der Waals surface area (Å²) in [5.41, 5.74) is 1.39. The minimum atomic E-state index is -0.591. The fraction of sp³-hybridized carbons (Fsp3) is 0.261. The van der Waals surface area contributed by atoms with Crippen LogP contribution in [0.25, 0.3) is 6.08 Å². The molecule has 0 N–H and O–H groups in total. The average Bonchev–Trinajstić information content (AvgIpc) is 3.36. The van der Waals surface area contributed by atoms with Gasteiger partial charge in [-0.25, -0.2) is 14.2 Å². The summed E-state index contributed by atoms with van der Waals surface area (Å²) in [5, 5.41) is 1.91. The molecule has 0 radical (unpaired) electrons. The fourth-order valence-electron chi connectivity index (χ4n) is 3.33. The number of esters is 1. The summed E-state index contributed by atoms with van der Waals surface area (Å²) in [6.07, 6.45) is 1.71. The monoisotopic (exact) mass is 456 g/mol. The van der Waals surface area contributed by atoms with Gasteiger partial charge in [0.15, 0.2) is 4.80 Å². The Hall–Kier alpha value is -2.84. The van der Waals surface area contributed by atoms with Crippen LogP contribution in [0.1, 0.15) is 37.3 Å². The van der Waals surface area contributed by atoms with Crippen LogP contribution in [0.3, 0.4) is 0 Å². The van der Waals surface area contributed by atoms with E-state index in [1.54, 1.807) is 29.7 Å². The van der Waals surface area contributed by atoms with Gasteiger partial charge in [-0.15, -0.1) is 11.3 Å². The summed E-state index contributed by atoms with van der Waals surface area (Å²) in [7, 11) is 0. The fourth-order valence-corrected chi connectivity index (χ4v) is 5.20. The van der Waals surface area contributed by atoms with Crippen molar-refractivity contribution in [3.63, 3.8) is 0 Å². The van der Waals surface area contributed by atoms with Crippen LogP contribution in [0.4, 0.5) is 4.39 Å². The van der Waals surface area contributed by atoms with E-state index in [0.717, 1.165) is 4.88 Å². The summed E-state index contributed by atoms with van der Waals surface area (Å²) in [6, 6.07) is 9.14. The van der Waals surface area contributed by atoms with Gasteiger partial charge in [-0.2, -0.15) is 0 Å². The molecule has 1 atom stereocenters. The molecule has 160 valence electrons. The molecule has 0 bridgehead atoms. The Morgan fingerprint density at radius 1 is 1.29 bits per heavy atom. The number of nitrogens with zero attached hydrogens (tertiary/aromatic N) is 2. The Kier molecular flexibility index (Phi) is 6.02. The van der Waals surface area contributed by atoms with E-state index >= 15 is 0 Å². The third-order valence-electron chi connectivity index (χ3n) is 4.77. The number of rotatable bonds is 5. The van der Waals surface area contributed by atoms with Gasteiger partial charge in [-0.1, -0.05) is 43.4 Å². The highest BCUT2D eigenvalue weighted by Crippen LogP contribution is 2.33. The Balaban J connectivity index is 1.86. The summed E-state index contributed by atoms with van der Waals surface area (Å²) in [4.78, 5) is 32.3. The molecule has 1 aliphatic heterocycles. The minimum Gasteiger partial charge on any atom is -0.462 e. The van der Waals surface area contributed by atoms with Crippen molar-refractivity contribution >= 4 is 34.7 Å². The van der Waals surface area contributed by atoms with Crippen molar-refractivity contribution < 1.29 is 13.9 Å². The van der Waals surface area contributed by atoms with Gasteiger partial charge in [0.05, 0.1) is 22.4 Å². The number of hydrogen-bond acceptors (Lipinski definition) is 6. The van der Waals surface area contributed by atoms with Crippen molar-refractivity contribution in [2.75, 3.05) is 6.61 Å². The standard InChI is InChI=1S/C23H21FN2O3S2/c1-13(2)12-29-22(28)19-14(3)25-23-26(20(19)17-5-4-10-30-17)21(27)18(31-23)11-15-6-8-16(24)9-7-15/h4-11,13,20H,12H2,1-3H3/b18-11-/t20-/m0/s1. The third kappa shape index (κ3) is 4.31. The van der Waals surface area contributed by atoms with Gasteiger partial charge in [-0.3, -0.25) is 9.36 Å². The molecule has 4 rings (SSSR count). The molecule has 3 aromatic rings. The van der Waals surface area contributed by atoms with E-state index < -0.39 is 12.0 Å². The number of benzene rings is 1. The van der Waals surface area contributed by atoms with Gasteiger partial charge < -0.3 is 4.74 Å². The second-order valence-corrected chi connectivity index (χ2v) is 9.63. The average molecular weight is 457 g/mol. The van der Waals surface area contributed by atoms with Crippen LogP contribution >= 0.6 is 22.7 Å². The number of hydrogen-bond donors (Lipinski definition) is 0. The van der Waals surface area contributed by atoms with Gasteiger partial charge in [0.2, 0.25) is 0 Å². The zero-order valence-electron chi connectivity index (χ0n) is 17.3. The number of aromatic nitrogens is 1. The lowest BCUT2D eigenvalue weighted by molar-refractivity contribution is -0.140. The van der Waals surface area contributed by atoms with Gasteiger partial charge in [0.1, 0.15) is 11.9 Å². The van der Waals surface area contributed by atoms with Gasteiger partial charge >= 0.3 is 5.97 Å². The number of allylic oxidation sites excluding steroid dienone is 1. The molecular formula is C23H21FN2O3S2. The Morgan fingerprint density at radius 2 is 2.03 bits per heavy atom. The Bertz CT molecular complexity index is 1320. The second-order valence-electron chi connectivity index (χ2n) is 7.64. The normalized spacial score (nSPS) is 16.4. The van der Waals surface area contributed by atoms with Crippen molar-refractivity contribution in [3.05, 3.63) is 89.0 Å². The third-order valence-corrected chi connectivity index (χ3v) is 6.68. The summed E-state index contributed by atoms with van der Waals surface area (Å²) >= 11 is 2.72. The molecule has 0 saturated heterocycles. The van der Waals surface area contributed by atoms with Crippen molar-refractivity contribution in [1.82, 2.24) is 4.57 Å². The molecule has 3 heterocycles. The van der Waals surface area contributed by atoms with Crippen molar-refractivity contribution in [2.45, 2.75) is 26.8 Å². The lowest BCUT2D eigenvalue weighted by Crippen LogP contribution is -2.39. The van der Waals surface area contributed by atoms with Crippen LogP contribution in [0.2, 0.25) is 0 Å². The number of fused-ring (bicyclic) bond motifs is 1. The molecule has 8 heteroatoms. The van der Waals surface area contributed by atoms with Crippen molar-refractivity contribution in [2.24, 2.45) is 10.9 Å². The van der Waals surface area contributed by atoms with Crippen LogP contribution < -0.4 is 14.9 Å². The Morgan fingerprint density at radius 3 is 2.68 bits per heavy atom. The lowest BCUT2D eigenvalue weighted by Gasteiger charge is -2.23. The van der Waals surface area contributed by atoms with Crippen LogP contribution in [-0.4, -0.2) is 17.1 Å². The van der Waals surface area contributed by atoms with Gasteiger partial charge in [0.25, 0.3) is 5.56 Å². The number of carbonyl (C=O) groups excluding carboxylic acids is 1. The molecule has 31 heavy (non-hydrogen) atoms. The van der Waals surface area contributed by atoms with Crippen molar-refractivity contribution in [3.8, 4) is 0 Å². The first-order chi connectivity index (χ1) is 14.8. The highest BCUT2D eigenvalue weighted by atomic mass is 32.1. The quantitative estimate of drug-likeness (QED) is 0.551. The maximum absolute atomic E-state index is 13.4. The van der Waals surface area contributed by atoms with Crippen molar-refractivity contribution in [1.29, 1.82) is 0 Å². The topological polar surface area (TPSA) is 60.7 Å². The molecule has 0 unspecified atom stereocenters.